The zero-order valence-corrected chi connectivity index (χ0v) is 26.4. The van der Waals surface area contributed by atoms with E-state index in [4.69, 9.17) is 0 Å². The molecular formula is C30H44HfSi. The second-order valence-electron chi connectivity index (χ2n) is 14.0. The van der Waals surface area contributed by atoms with Gasteiger partial charge < -0.3 is 0 Å². The van der Waals surface area contributed by atoms with E-state index in [1.807, 2.05) is 0 Å². The molecule has 2 aliphatic rings. The fraction of sp³-hybridized carbons (Fsp3) is 0.467. The minimum atomic E-state index is -4.80. The SMILES string of the molecule is CCC[CH2][Hf]([CH3])([CH3])(=[SiH2])([CH2]CCC)([CH]1C(C)=Cc2ccccc21)[CH]1C(C)=Cc2ccccc21. The Balaban J connectivity index is 2.17. The van der Waals surface area contributed by atoms with E-state index in [1.54, 1.807) is 22.3 Å². The maximum absolute atomic E-state index is 4.80. The van der Waals surface area contributed by atoms with Crippen LogP contribution in [0, 0.1) is 0 Å². The van der Waals surface area contributed by atoms with Crippen LogP contribution in [-0.2, 0) is 14.2 Å². The van der Waals surface area contributed by atoms with Crippen LogP contribution in [0.4, 0.5) is 0 Å². The minimum absolute atomic E-state index is 0.575. The Morgan fingerprint density at radius 3 is 1.44 bits per heavy atom. The van der Waals surface area contributed by atoms with E-state index < -0.39 is 14.2 Å². The molecule has 172 valence electrons. The predicted octanol–water partition coefficient (Wildman–Crippen LogP) is 9.14. The van der Waals surface area contributed by atoms with Crippen molar-refractivity contribution in [2.24, 2.45) is 0 Å². The maximum atomic E-state index is 2.93. The van der Waals surface area contributed by atoms with Crippen molar-refractivity contribution in [3.8, 4) is 0 Å². The fourth-order valence-electron chi connectivity index (χ4n) is 9.40. The molecule has 0 amide bonds. The first-order valence-electron chi connectivity index (χ1n) is 13.0. The topological polar surface area (TPSA) is 0 Å². The van der Waals surface area contributed by atoms with Crippen LogP contribution in [0.1, 0.15) is 83.0 Å². The molecule has 0 N–H and O–H groups in total. The van der Waals surface area contributed by atoms with Gasteiger partial charge in [0.05, 0.1) is 0 Å². The molecule has 0 spiro atoms. The second kappa shape index (κ2) is 7.01. The first-order chi connectivity index (χ1) is 14.9. The number of unbranched alkanes of at least 4 members (excludes halogenated alkanes) is 2. The Kier molecular flexibility index (Phi) is 5.29. The van der Waals surface area contributed by atoms with Crippen molar-refractivity contribution >= 4 is 19.1 Å². The van der Waals surface area contributed by atoms with Gasteiger partial charge in [-0.3, -0.25) is 0 Å². The third kappa shape index (κ3) is 3.15. The zero-order chi connectivity index (χ0) is 23.3. The van der Waals surface area contributed by atoms with Crippen molar-refractivity contribution in [3.63, 3.8) is 0 Å². The van der Waals surface area contributed by atoms with E-state index >= 15 is 0 Å². The summed E-state index contributed by atoms with van der Waals surface area (Å²) in [5, 5.41) is 0. The molecule has 2 atom stereocenters. The summed E-state index contributed by atoms with van der Waals surface area (Å²) in [6.07, 6.45) is 10.3. The van der Waals surface area contributed by atoms with Crippen molar-refractivity contribution in [2.75, 3.05) is 0 Å². The molecule has 0 nitrogen and oxygen atoms in total. The molecule has 0 aliphatic heterocycles. The first kappa shape index (κ1) is 24.1. The molecule has 0 saturated heterocycles. The molecule has 0 heterocycles. The predicted molar refractivity (Wildman–Crippen MR) is 145 cm³/mol. The summed E-state index contributed by atoms with van der Waals surface area (Å²) < 4.78 is 9.84. The fourth-order valence-corrected chi connectivity index (χ4v) is 71.1. The number of fused-ring (bicyclic) bond motifs is 2. The summed E-state index contributed by atoms with van der Waals surface area (Å²) in [5.74, 6) is 0. The number of hydrogen-bond donors (Lipinski definition) is 0. The van der Waals surface area contributed by atoms with Crippen molar-refractivity contribution < 1.29 is 14.2 Å². The average Bonchev–Trinajstić information content (AvgIpc) is 3.29. The van der Waals surface area contributed by atoms with Crippen LogP contribution >= 0.6 is 0 Å². The van der Waals surface area contributed by atoms with Crippen molar-refractivity contribution in [1.29, 1.82) is 0 Å². The normalized spacial score (nSPS) is 23.2. The summed E-state index contributed by atoms with van der Waals surface area (Å²) in [6.45, 7) is 12.3. The van der Waals surface area contributed by atoms with Crippen LogP contribution in [0.2, 0.25) is 17.7 Å². The number of allylic oxidation sites excluding steroid dienone is 2. The summed E-state index contributed by atoms with van der Waals surface area (Å²) in [6, 6.07) is 18.7. The molecule has 2 aliphatic carbocycles. The van der Waals surface area contributed by atoms with Gasteiger partial charge in [-0.1, -0.05) is 0 Å². The van der Waals surface area contributed by atoms with Gasteiger partial charge in [0.2, 0.25) is 0 Å². The van der Waals surface area contributed by atoms with Gasteiger partial charge in [-0.2, -0.15) is 0 Å². The van der Waals surface area contributed by atoms with E-state index in [9.17, 15) is 0 Å². The Morgan fingerprint density at radius 2 is 1.06 bits per heavy atom. The number of hydrogen-bond acceptors (Lipinski definition) is 0. The van der Waals surface area contributed by atoms with Crippen LogP contribution in [0.3, 0.4) is 0 Å². The standard InChI is InChI=1S/2C10H9.2C4H9.2CH3.Hf.H2Si/c2*1-8-6-9-4-2-3-5-10(9)7-8;2*1-3-4-2;;;;/h2*2-7H,1H3;2*1,3-4H2,2H3;2*1H3;;1H2. The summed E-state index contributed by atoms with van der Waals surface area (Å²) in [5.41, 5.74) is 9.45. The van der Waals surface area contributed by atoms with Gasteiger partial charge in [0.1, 0.15) is 0 Å². The van der Waals surface area contributed by atoms with Crippen LogP contribution in [0.5, 0.6) is 0 Å². The van der Waals surface area contributed by atoms with E-state index in [2.05, 4.69) is 105 Å². The molecule has 0 fully saturated rings. The summed E-state index contributed by atoms with van der Waals surface area (Å²) >= 11 is -4.80. The van der Waals surface area contributed by atoms with Crippen molar-refractivity contribution in [1.82, 2.24) is 0 Å². The molecule has 2 unspecified atom stereocenters. The molecule has 0 bridgehead atoms. The van der Waals surface area contributed by atoms with Gasteiger partial charge in [0.15, 0.2) is 0 Å². The third-order valence-electron chi connectivity index (χ3n) is 10.3. The first-order valence-corrected chi connectivity index (χ1v) is 37.8. The molecule has 2 heteroatoms. The van der Waals surface area contributed by atoms with Crippen molar-refractivity contribution in [3.05, 3.63) is 81.9 Å². The van der Waals surface area contributed by atoms with Crippen molar-refractivity contribution in [2.45, 2.75) is 78.4 Å². The van der Waals surface area contributed by atoms with E-state index in [0.29, 0.717) is 7.35 Å². The van der Waals surface area contributed by atoms with Gasteiger partial charge in [0, 0.05) is 0 Å². The summed E-state index contributed by atoms with van der Waals surface area (Å²) in [4.78, 5) is 0. The number of rotatable bonds is 8. The van der Waals surface area contributed by atoms with Gasteiger partial charge in [0.25, 0.3) is 0 Å². The molecule has 0 aromatic heterocycles. The zero-order valence-electron chi connectivity index (χ0n) is 21.4. The molecule has 2 aromatic carbocycles. The van der Waals surface area contributed by atoms with Crippen LogP contribution in [0.25, 0.3) is 12.2 Å². The monoisotopic (exact) mass is 612 g/mol. The molecule has 2 aromatic rings. The van der Waals surface area contributed by atoms with Gasteiger partial charge in [-0.15, -0.1) is 0 Å². The van der Waals surface area contributed by atoms with Crippen LogP contribution < -0.4 is 0 Å². The molecule has 0 saturated carbocycles. The van der Waals surface area contributed by atoms with E-state index in [-0.39, 0.29) is 0 Å². The van der Waals surface area contributed by atoms with E-state index in [0.717, 1.165) is 0 Å². The quantitative estimate of drug-likeness (QED) is 0.261. The second-order valence-corrected chi connectivity index (χ2v) is 90.7. The Bertz CT molecular complexity index is 1170. The molecule has 32 heavy (non-hydrogen) atoms. The average molecular weight is 611 g/mol. The van der Waals surface area contributed by atoms with Gasteiger partial charge >= 0.3 is 194 Å². The van der Waals surface area contributed by atoms with E-state index in [1.165, 1.54) is 45.2 Å². The van der Waals surface area contributed by atoms with Gasteiger partial charge in [-0.25, -0.2) is 0 Å². The Morgan fingerprint density at radius 1 is 0.688 bits per heavy atom. The van der Waals surface area contributed by atoms with Gasteiger partial charge in [-0.05, 0) is 0 Å². The summed E-state index contributed by atoms with van der Waals surface area (Å²) in [7, 11) is 0. The van der Waals surface area contributed by atoms with Crippen LogP contribution in [-0.4, -0.2) is 6.94 Å². The number of benzene rings is 2. The molecule has 0 radical (unpaired) electrons. The molecular weight excluding hydrogens is 567 g/mol. The Hall–Kier alpha value is -0.993. The third-order valence-corrected chi connectivity index (χ3v) is 66.8. The van der Waals surface area contributed by atoms with Crippen LogP contribution in [0.15, 0.2) is 59.7 Å². The Labute approximate surface area is 192 Å². The molecule has 4 rings (SSSR count).